The molecular weight excluding hydrogens is 244 g/mol. The van der Waals surface area contributed by atoms with Gasteiger partial charge in [0.2, 0.25) is 11.7 Å². The van der Waals surface area contributed by atoms with Crippen LogP contribution >= 0.6 is 0 Å². The van der Waals surface area contributed by atoms with Crippen molar-refractivity contribution < 1.29 is 14.1 Å². The second-order valence-corrected chi connectivity index (χ2v) is 5.56. The van der Waals surface area contributed by atoms with Gasteiger partial charge in [0.05, 0.1) is 6.42 Å². The van der Waals surface area contributed by atoms with Crippen LogP contribution in [0.3, 0.4) is 0 Å². The Bertz CT molecular complexity index is 459. The highest BCUT2D eigenvalue weighted by molar-refractivity contribution is 5.84. The fourth-order valence-electron chi connectivity index (χ4n) is 2.87. The molecule has 5 nitrogen and oxygen atoms in total. The van der Waals surface area contributed by atoms with Crippen LogP contribution in [0.2, 0.25) is 0 Å². The van der Waals surface area contributed by atoms with E-state index in [4.69, 9.17) is 9.26 Å². The van der Waals surface area contributed by atoms with Gasteiger partial charge in [-0.25, -0.2) is 0 Å². The molecule has 2 aliphatic carbocycles. The Hall–Kier alpha value is -1.23. The number of rotatable bonds is 6. The Balaban J connectivity index is 1.73. The molecule has 19 heavy (non-hydrogen) atoms. The van der Waals surface area contributed by atoms with E-state index < -0.39 is 0 Å². The number of ketones is 1. The van der Waals surface area contributed by atoms with Crippen LogP contribution in [-0.2, 0) is 21.6 Å². The highest BCUT2D eigenvalue weighted by Crippen LogP contribution is 2.40. The molecular formula is C14H20N2O3. The lowest BCUT2D eigenvalue weighted by Crippen LogP contribution is -2.27. The molecule has 3 rings (SSSR count). The van der Waals surface area contributed by atoms with Crippen molar-refractivity contribution in [2.75, 3.05) is 6.61 Å². The number of carbonyl (C=O) groups is 1. The Morgan fingerprint density at radius 1 is 1.42 bits per heavy atom. The normalized spacial score (nSPS) is 21.7. The number of hydrogen-bond donors (Lipinski definition) is 0. The topological polar surface area (TPSA) is 65.2 Å². The lowest BCUT2D eigenvalue weighted by Gasteiger charge is -2.24. The summed E-state index contributed by atoms with van der Waals surface area (Å²) in [4.78, 5) is 16.2. The first-order chi connectivity index (χ1) is 9.23. The van der Waals surface area contributed by atoms with Gasteiger partial charge in [-0.15, -0.1) is 0 Å². The first kappa shape index (κ1) is 12.8. The van der Waals surface area contributed by atoms with Crippen LogP contribution in [0.5, 0.6) is 0 Å². The summed E-state index contributed by atoms with van der Waals surface area (Å²) >= 11 is 0. The van der Waals surface area contributed by atoms with Crippen LogP contribution in [-0.4, -0.2) is 22.5 Å². The average Bonchev–Trinajstić information content (AvgIpc) is 2.97. The summed E-state index contributed by atoms with van der Waals surface area (Å²) in [6, 6.07) is 0. The molecule has 0 radical (unpaired) electrons. The van der Waals surface area contributed by atoms with E-state index in [9.17, 15) is 4.79 Å². The zero-order chi connectivity index (χ0) is 13.3. The second kappa shape index (κ2) is 5.04. The minimum atomic E-state index is -0.376. The molecule has 1 aromatic heterocycles. The molecule has 2 saturated carbocycles. The summed E-state index contributed by atoms with van der Waals surface area (Å²) in [6.07, 6.45) is 6.45. The quantitative estimate of drug-likeness (QED) is 0.789. The van der Waals surface area contributed by atoms with Crippen molar-refractivity contribution in [3.05, 3.63) is 11.7 Å². The Morgan fingerprint density at radius 2 is 2.16 bits per heavy atom. The lowest BCUT2D eigenvalue weighted by molar-refractivity contribution is -0.119. The molecule has 0 unspecified atom stereocenters. The predicted molar refractivity (Wildman–Crippen MR) is 67.5 cm³/mol. The molecule has 0 aliphatic heterocycles. The van der Waals surface area contributed by atoms with Crippen LogP contribution in [0.1, 0.15) is 57.2 Å². The van der Waals surface area contributed by atoms with Crippen LogP contribution in [0.25, 0.3) is 0 Å². The predicted octanol–water partition coefficient (Wildman–Crippen LogP) is 2.40. The van der Waals surface area contributed by atoms with Crippen molar-refractivity contribution in [2.45, 2.75) is 57.5 Å². The number of aromatic nitrogens is 2. The molecule has 0 amide bonds. The monoisotopic (exact) mass is 264 g/mol. The second-order valence-electron chi connectivity index (χ2n) is 5.56. The molecule has 0 bridgehead atoms. The zero-order valence-corrected chi connectivity index (χ0v) is 11.4. The van der Waals surface area contributed by atoms with Gasteiger partial charge in [0.15, 0.2) is 0 Å². The van der Waals surface area contributed by atoms with Gasteiger partial charge in [0.25, 0.3) is 0 Å². The Morgan fingerprint density at radius 3 is 2.79 bits per heavy atom. The zero-order valence-electron chi connectivity index (χ0n) is 11.4. The Kier molecular flexibility index (Phi) is 3.39. The molecule has 0 aromatic carbocycles. The van der Waals surface area contributed by atoms with E-state index in [1.165, 1.54) is 0 Å². The Labute approximate surface area is 112 Å². The average molecular weight is 264 g/mol. The van der Waals surface area contributed by atoms with Crippen LogP contribution in [0, 0.1) is 5.92 Å². The largest absolute Gasteiger partial charge is 0.367 e. The summed E-state index contributed by atoms with van der Waals surface area (Å²) in [5.74, 6) is 1.54. The molecule has 0 atom stereocenters. The molecule has 5 heteroatoms. The van der Waals surface area contributed by atoms with Crippen LogP contribution < -0.4 is 0 Å². The van der Waals surface area contributed by atoms with E-state index in [0.29, 0.717) is 18.3 Å². The maximum atomic E-state index is 11.8. The summed E-state index contributed by atoms with van der Waals surface area (Å²) < 4.78 is 11.1. The minimum Gasteiger partial charge on any atom is -0.367 e. The van der Waals surface area contributed by atoms with E-state index in [1.54, 1.807) is 0 Å². The van der Waals surface area contributed by atoms with Gasteiger partial charge in [-0.3, -0.25) is 4.79 Å². The van der Waals surface area contributed by atoms with Crippen molar-refractivity contribution in [3.63, 3.8) is 0 Å². The SMILES string of the molecule is CCOC1(c2noc(CC(=O)C3CC3)n2)CCCC1. The summed E-state index contributed by atoms with van der Waals surface area (Å²) in [7, 11) is 0. The van der Waals surface area contributed by atoms with Crippen LogP contribution in [0.4, 0.5) is 0 Å². The van der Waals surface area contributed by atoms with E-state index in [-0.39, 0.29) is 23.7 Å². The van der Waals surface area contributed by atoms with E-state index in [1.807, 2.05) is 6.92 Å². The number of ether oxygens (including phenoxy) is 1. The number of carbonyl (C=O) groups excluding carboxylic acids is 1. The maximum Gasteiger partial charge on any atom is 0.234 e. The van der Waals surface area contributed by atoms with Gasteiger partial charge in [0, 0.05) is 12.5 Å². The van der Waals surface area contributed by atoms with Gasteiger partial charge < -0.3 is 9.26 Å². The molecule has 0 N–H and O–H groups in total. The highest BCUT2D eigenvalue weighted by atomic mass is 16.5. The first-order valence-corrected chi connectivity index (χ1v) is 7.23. The molecule has 2 fully saturated rings. The lowest BCUT2D eigenvalue weighted by atomic mass is 10.0. The fourth-order valence-corrected chi connectivity index (χ4v) is 2.87. The maximum absolute atomic E-state index is 11.8. The van der Waals surface area contributed by atoms with Gasteiger partial charge >= 0.3 is 0 Å². The van der Waals surface area contributed by atoms with Crippen molar-refractivity contribution in [1.29, 1.82) is 0 Å². The van der Waals surface area contributed by atoms with E-state index >= 15 is 0 Å². The molecule has 104 valence electrons. The third-order valence-corrected chi connectivity index (χ3v) is 4.07. The first-order valence-electron chi connectivity index (χ1n) is 7.23. The molecule has 2 aliphatic rings. The molecule has 0 saturated heterocycles. The van der Waals surface area contributed by atoms with Gasteiger partial charge in [-0.05, 0) is 45.4 Å². The van der Waals surface area contributed by atoms with Crippen LogP contribution in [0.15, 0.2) is 4.52 Å². The van der Waals surface area contributed by atoms with Gasteiger partial charge in [-0.2, -0.15) is 4.98 Å². The summed E-state index contributed by atoms with van der Waals surface area (Å²) in [5.41, 5.74) is -0.376. The molecule has 1 aromatic rings. The van der Waals surface area contributed by atoms with Gasteiger partial charge in [-0.1, -0.05) is 5.16 Å². The summed E-state index contributed by atoms with van der Waals surface area (Å²) in [6.45, 7) is 2.63. The van der Waals surface area contributed by atoms with Crippen molar-refractivity contribution >= 4 is 5.78 Å². The number of hydrogen-bond acceptors (Lipinski definition) is 5. The van der Waals surface area contributed by atoms with Crippen molar-refractivity contribution in [2.24, 2.45) is 5.92 Å². The third-order valence-electron chi connectivity index (χ3n) is 4.07. The molecule has 1 heterocycles. The van der Waals surface area contributed by atoms with Crippen molar-refractivity contribution in [1.82, 2.24) is 10.1 Å². The third kappa shape index (κ3) is 2.56. The van der Waals surface area contributed by atoms with E-state index in [0.717, 1.165) is 38.5 Å². The van der Waals surface area contributed by atoms with Crippen molar-refractivity contribution in [3.8, 4) is 0 Å². The smallest absolute Gasteiger partial charge is 0.234 e. The fraction of sp³-hybridized carbons (Fsp3) is 0.786. The standard InChI is InChI=1S/C14H20N2O3/c1-2-18-14(7-3-4-8-14)13-15-12(19-16-13)9-11(17)10-5-6-10/h10H,2-9H2,1H3. The van der Waals surface area contributed by atoms with E-state index in [2.05, 4.69) is 10.1 Å². The number of Topliss-reactive ketones (excluding diaryl/α,β-unsaturated/α-hetero) is 1. The number of nitrogens with zero attached hydrogens (tertiary/aromatic N) is 2. The summed E-state index contributed by atoms with van der Waals surface area (Å²) in [5, 5.41) is 4.06. The molecule has 0 spiro atoms. The van der Waals surface area contributed by atoms with Gasteiger partial charge in [0.1, 0.15) is 11.4 Å². The highest BCUT2D eigenvalue weighted by Gasteiger charge is 2.41. The minimum absolute atomic E-state index is 0.229.